The molecule has 0 aliphatic rings. The predicted molar refractivity (Wildman–Crippen MR) is 133 cm³/mol. The Kier molecular flexibility index (Phi) is 5.90. The Labute approximate surface area is 198 Å². The van der Waals surface area contributed by atoms with E-state index in [0.29, 0.717) is 10.6 Å². The number of halogens is 1. The van der Waals surface area contributed by atoms with E-state index in [9.17, 15) is 4.79 Å². The predicted octanol–water partition coefficient (Wildman–Crippen LogP) is 7.42. The first kappa shape index (κ1) is 20.7. The molecular weight excluding hydrogens is 458 g/mol. The Balaban J connectivity index is 1.50. The van der Waals surface area contributed by atoms with Crippen molar-refractivity contribution in [3.63, 3.8) is 0 Å². The number of fused-ring (bicyclic) bond motifs is 1. The molecule has 2 heterocycles. The number of para-hydroxylation sites is 1. The van der Waals surface area contributed by atoms with E-state index in [4.69, 9.17) is 11.6 Å². The normalized spacial score (nSPS) is 10.9. The van der Waals surface area contributed by atoms with Crippen LogP contribution in [0.15, 0.2) is 100 Å². The molecule has 0 aliphatic heterocycles. The molecule has 0 unspecified atom stereocenters. The van der Waals surface area contributed by atoms with Crippen LogP contribution in [0.1, 0.15) is 10.4 Å². The second-order valence-corrected chi connectivity index (χ2v) is 9.26. The van der Waals surface area contributed by atoms with E-state index in [2.05, 4.69) is 32.8 Å². The fraction of sp³-hybridized carbons (Fsp3) is 0. The van der Waals surface area contributed by atoms with Crippen LogP contribution in [0.4, 0.5) is 5.69 Å². The fourth-order valence-electron chi connectivity index (χ4n) is 3.31. The maximum absolute atomic E-state index is 12.8. The monoisotopic (exact) mass is 473 g/mol. The second kappa shape index (κ2) is 9.12. The van der Waals surface area contributed by atoms with E-state index in [1.54, 1.807) is 41.9 Å². The maximum atomic E-state index is 12.8. The van der Waals surface area contributed by atoms with E-state index < -0.39 is 0 Å². The van der Waals surface area contributed by atoms with E-state index in [-0.39, 0.29) is 5.91 Å². The van der Waals surface area contributed by atoms with Crippen molar-refractivity contribution in [2.24, 2.45) is 0 Å². The van der Waals surface area contributed by atoms with Crippen LogP contribution in [0.2, 0.25) is 5.02 Å². The van der Waals surface area contributed by atoms with Gasteiger partial charge in [-0.15, -0.1) is 11.3 Å². The highest BCUT2D eigenvalue weighted by Gasteiger charge is 2.16. The minimum atomic E-state index is -0.192. The summed E-state index contributed by atoms with van der Waals surface area (Å²) in [7, 11) is 0. The lowest BCUT2D eigenvalue weighted by molar-refractivity contribution is 0.102. The van der Waals surface area contributed by atoms with Gasteiger partial charge in [0, 0.05) is 26.4 Å². The minimum Gasteiger partial charge on any atom is -0.321 e. The Morgan fingerprint density at radius 1 is 0.906 bits per heavy atom. The van der Waals surface area contributed by atoms with Gasteiger partial charge in [0.25, 0.3) is 5.91 Å². The molecule has 5 rings (SSSR count). The van der Waals surface area contributed by atoms with Crippen LogP contribution in [0.5, 0.6) is 0 Å². The van der Waals surface area contributed by atoms with E-state index in [1.165, 1.54) is 11.8 Å². The second-order valence-electron chi connectivity index (χ2n) is 6.93. The molecule has 2 aromatic heterocycles. The first-order valence-corrected chi connectivity index (χ1v) is 11.9. The number of thiophene rings is 1. The molecule has 32 heavy (non-hydrogen) atoms. The van der Waals surface area contributed by atoms with Gasteiger partial charge in [-0.2, -0.15) is 0 Å². The molecule has 5 aromatic rings. The third kappa shape index (κ3) is 4.25. The van der Waals surface area contributed by atoms with Crippen LogP contribution < -0.4 is 5.32 Å². The largest absolute Gasteiger partial charge is 0.321 e. The first-order chi connectivity index (χ1) is 15.7. The molecule has 7 heteroatoms. The van der Waals surface area contributed by atoms with Crippen molar-refractivity contribution in [2.45, 2.75) is 9.92 Å². The number of nitrogens with one attached hydrogen (secondary N) is 1. The summed E-state index contributed by atoms with van der Waals surface area (Å²) in [5.74, 6) is -0.192. The van der Waals surface area contributed by atoms with Gasteiger partial charge in [0.15, 0.2) is 0 Å². The van der Waals surface area contributed by atoms with Crippen LogP contribution in [0.3, 0.4) is 0 Å². The molecule has 1 amide bonds. The molecule has 0 saturated heterocycles. The standard InChI is InChI=1S/C25H16ClN3OS2/c26-18-12-10-17(11-13-18)23(30)29-20-8-4-5-9-21(20)32-25-22-19(16-6-2-1-3-7-16)14-31-24(22)27-15-28-25/h1-15H,(H,29,30). The lowest BCUT2D eigenvalue weighted by atomic mass is 10.1. The van der Waals surface area contributed by atoms with Crippen LogP contribution in [-0.4, -0.2) is 15.9 Å². The fourth-order valence-corrected chi connectivity index (χ4v) is 5.41. The molecule has 0 atom stereocenters. The third-order valence-corrected chi connectivity index (χ3v) is 7.09. The molecule has 0 bridgehead atoms. The topological polar surface area (TPSA) is 54.9 Å². The summed E-state index contributed by atoms with van der Waals surface area (Å²) < 4.78 is 0. The van der Waals surface area contributed by atoms with Crippen LogP contribution >= 0.6 is 34.7 Å². The minimum absolute atomic E-state index is 0.192. The number of hydrogen-bond acceptors (Lipinski definition) is 5. The zero-order valence-corrected chi connectivity index (χ0v) is 19.0. The third-order valence-electron chi connectivity index (χ3n) is 4.87. The average Bonchev–Trinajstić information content (AvgIpc) is 3.27. The van der Waals surface area contributed by atoms with Crippen molar-refractivity contribution in [1.29, 1.82) is 0 Å². The summed E-state index contributed by atoms with van der Waals surface area (Å²) in [6.07, 6.45) is 1.59. The van der Waals surface area contributed by atoms with Gasteiger partial charge in [-0.05, 0) is 42.0 Å². The zero-order chi connectivity index (χ0) is 21.9. The molecule has 1 N–H and O–H groups in total. The number of carbonyl (C=O) groups is 1. The van der Waals surface area contributed by atoms with Gasteiger partial charge < -0.3 is 5.32 Å². The van der Waals surface area contributed by atoms with E-state index in [0.717, 1.165) is 37.0 Å². The van der Waals surface area contributed by atoms with Crippen LogP contribution in [-0.2, 0) is 0 Å². The van der Waals surface area contributed by atoms with Crippen molar-refractivity contribution in [2.75, 3.05) is 5.32 Å². The van der Waals surface area contributed by atoms with Gasteiger partial charge in [-0.25, -0.2) is 9.97 Å². The van der Waals surface area contributed by atoms with Crippen molar-refractivity contribution < 1.29 is 4.79 Å². The Morgan fingerprint density at radius 3 is 2.47 bits per heavy atom. The summed E-state index contributed by atoms with van der Waals surface area (Å²) >= 11 is 9.06. The zero-order valence-electron chi connectivity index (χ0n) is 16.7. The Morgan fingerprint density at radius 2 is 1.66 bits per heavy atom. The summed E-state index contributed by atoms with van der Waals surface area (Å²) in [6, 6.07) is 24.8. The number of benzene rings is 3. The molecule has 0 radical (unpaired) electrons. The van der Waals surface area contributed by atoms with Gasteiger partial charge in [0.05, 0.1) is 11.1 Å². The van der Waals surface area contributed by atoms with Crippen LogP contribution in [0.25, 0.3) is 21.3 Å². The quantitative estimate of drug-likeness (QED) is 0.270. The molecular formula is C25H16ClN3OS2. The molecule has 0 aliphatic carbocycles. The highest BCUT2D eigenvalue weighted by atomic mass is 35.5. The van der Waals surface area contributed by atoms with Crippen molar-refractivity contribution in [3.8, 4) is 11.1 Å². The number of hydrogen-bond donors (Lipinski definition) is 1. The van der Waals surface area contributed by atoms with Crippen molar-refractivity contribution in [3.05, 3.63) is 101 Å². The SMILES string of the molecule is O=C(Nc1ccccc1Sc1ncnc2scc(-c3ccccc3)c12)c1ccc(Cl)cc1. The van der Waals surface area contributed by atoms with Gasteiger partial charge in [0.1, 0.15) is 16.2 Å². The maximum Gasteiger partial charge on any atom is 0.255 e. The summed E-state index contributed by atoms with van der Waals surface area (Å²) in [4.78, 5) is 23.6. The highest BCUT2D eigenvalue weighted by Crippen LogP contribution is 2.41. The van der Waals surface area contributed by atoms with E-state index in [1.807, 2.05) is 42.5 Å². The summed E-state index contributed by atoms with van der Waals surface area (Å²) in [5, 5.41) is 7.59. The molecule has 156 valence electrons. The van der Waals surface area contributed by atoms with Gasteiger partial charge in [0.2, 0.25) is 0 Å². The number of amides is 1. The smallest absolute Gasteiger partial charge is 0.255 e. The molecule has 0 spiro atoms. The number of nitrogens with zero attached hydrogens (tertiary/aromatic N) is 2. The number of aromatic nitrogens is 2. The van der Waals surface area contributed by atoms with E-state index >= 15 is 0 Å². The van der Waals surface area contributed by atoms with Crippen molar-refractivity contribution >= 4 is 56.5 Å². The van der Waals surface area contributed by atoms with Crippen LogP contribution in [0, 0.1) is 0 Å². The Hall–Kier alpha value is -3.19. The summed E-state index contributed by atoms with van der Waals surface area (Å²) in [5.41, 5.74) is 3.50. The molecule has 0 saturated carbocycles. The highest BCUT2D eigenvalue weighted by molar-refractivity contribution is 7.99. The molecule has 0 fully saturated rings. The Bertz CT molecular complexity index is 1400. The van der Waals surface area contributed by atoms with Gasteiger partial charge >= 0.3 is 0 Å². The summed E-state index contributed by atoms with van der Waals surface area (Å²) in [6.45, 7) is 0. The molecule has 4 nitrogen and oxygen atoms in total. The molecule has 3 aromatic carbocycles. The number of rotatable bonds is 5. The number of anilines is 1. The lowest BCUT2D eigenvalue weighted by Gasteiger charge is -2.11. The number of carbonyl (C=O) groups excluding carboxylic acids is 1. The van der Waals surface area contributed by atoms with Crippen molar-refractivity contribution in [1.82, 2.24) is 9.97 Å². The van der Waals surface area contributed by atoms with Gasteiger partial charge in [-0.1, -0.05) is 65.8 Å². The lowest BCUT2D eigenvalue weighted by Crippen LogP contribution is -2.12. The van der Waals surface area contributed by atoms with Gasteiger partial charge in [-0.3, -0.25) is 4.79 Å². The average molecular weight is 474 g/mol. The first-order valence-electron chi connectivity index (χ1n) is 9.80.